The third-order valence-corrected chi connectivity index (χ3v) is 4.58. The Bertz CT molecular complexity index is 603. The van der Waals surface area contributed by atoms with Crippen LogP contribution in [-0.4, -0.2) is 39.2 Å². The molecule has 0 radical (unpaired) electrons. The second-order valence-corrected chi connectivity index (χ2v) is 6.07. The number of thiophene rings is 1. The number of piperidine rings is 1. The van der Waals surface area contributed by atoms with Crippen molar-refractivity contribution < 1.29 is 14.4 Å². The largest absolute Gasteiger partial charge is 0.480 e. The molecule has 1 unspecified atom stereocenters. The lowest BCUT2D eigenvalue weighted by Crippen LogP contribution is -2.39. The van der Waals surface area contributed by atoms with Crippen LogP contribution >= 0.6 is 11.3 Å². The van der Waals surface area contributed by atoms with Gasteiger partial charge in [-0.05, 0) is 42.2 Å². The topological polar surface area (TPSA) is 79.5 Å². The molecule has 0 bridgehead atoms. The number of hydrogen-bond acceptors (Lipinski definition) is 6. The van der Waals surface area contributed by atoms with E-state index in [1.165, 1.54) is 11.3 Å². The first-order chi connectivity index (χ1) is 10.1. The van der Waals surface area contributed by atoms with Gasteiger partial charge in [0.05, 0.1) is 0 Å². The summed E-state index contributed by atoms with van der Waals surface area (Å²) in [7, 11) is 0. The van der Waals surface area contributed by atoms with Gasteiger partial charge in [0, 0.05) is 19.0 Å². The van der Waals surface area contributed by atoms with E-state index in [2.05, 4.69) is 10.1 Å². The maximum Gasteiger partial charge on any atom is 0.325 e. The minimum absolute atomic E-state index is 0.236. The van der Waals surface area contributed by atoms with Crippen LogP contribution in [0.25, 0.3) is 0 Å². The molecular weight excluding hydrogens is 290 g/mol. The summed E-state index contributed by atoms with van der Waals surface area (Å²) in [6.45, 7) is 3.25. The number of nitrogens with zero attached hydrogens (tertiary/aromatic N) is 3. The zero-order valence-corrected chi connectivity index (χ0v) is 12.5. The lowest BCUT2D eigenvalue weighted by atomic mass is 9.94. The Labute approximate surface area is 126 Å². The second kappa shape index (κ2) is 5.95. The summed E-state index contributed by atoms with van der Waals surface area (Å²) in [6.07, 6.45) is 1.69. The maximum atomic E-state index is 11.6. The lowest BCUT2D eigenvalue weighted by Gasteiger charge is -2.34. The SMILES string of the molecule is Cc1noc(C2CCN(C(C(=O)O)c3ccsc3)CC2)n1. The number of carbonyl (C=O) groups is 1. The molecule has 6 nitrogen and oxygen atoms in total. The van der Waals surface area contributed by atoms with Crippen molar-refractivity contribution >= 4 is 17.3 Å². The number of likely N-dealkylation sites (tertiary alicyclic amines) is 1. The Hall–Kier alpha value is -1.73. The normalized spacial score (nSPS) is 18.7. The van der Waals surface area contributed by atoms with Crippen LogP contribution in [-0.2, 0) is 4.79 Å². The monoisotopic (exact) mass is 307 g/mol. The van der Waals surface area contributed by atoms with Crippen LogP contribution in [0.3, 0.4) is 0 Å². The van der Waals surface area contributed by atoms with Gasteiger partial charge in [-0.3, -0.25) is 9.69 Å². The number of carboxylic acids is 1. The maximum absolute atomic E-state index is 11.6. The van der Waals surface area contributed by atoms with Gasteiger partial charge < -0.3 is 9.63 Å². The van der Waals surface area contributed by atoms with Crippen molar-refractivity contribution in [3.8, 4) is 0 Å². The molecule has 0 aliphatic carbocycles. The summed E-state index contributed by atoms with van der Waals surface area (Å²) in [6, 6.07) is 1.33. The molecule has 1 saturated heterocycles. The summed E-state index contributed by atoms with van der Waals surface area (Å²) in [5.74, 6) is 0.767. The van der Waals surface area contributed by atoms with Gasteiger partial charge in [0.25, 0.3) is 0 Å². The number of rotatable bonds is 4. The van der Waals surface area contributed by atoms with Gasteiger partial charge >= 0.3 is 5.97 Å². The molecule has 2 aromatic rings. The van der Waals surface area contributed by atoms with Gasteiger partial charge in [0.1, 0.15) is 6.04 Å². The molecule has 112 valence electrons. The van der Waals surface area contributed by atoms with Crippen molar-refractivity contribution in [1.82, 2.24) is 15.0 Å². The molecule has 21 heavy (non-hydrogen) atoms. The first-order valence-electron chi connectivity index (χ1n) is 6.94. The Balaban J connectivity index is 1.68. The predicted octanol–water partition coefficient (Wildman–Crippen LogP) is 2.44. The van der Waals surface area contributed by atoms with E-state index in [1.54, 1.807) is 6.92 Å². The van der Waals surface area contributed by atoms with Crippen LogP contribution < -0.4 is 0 Å². The van der Waals surface area contributed by atoms with E-state index < -0.39 is 12.0 Å². The molecule has 3 rings (SSSR count). The van der Waals surface area contributed by atoms with Crippen molar-refractivity contribution in [1.29, 1.82) is 0 Å². The van der Waals surface area contributed by atoms with Gasteiger partial charge in [0.2, 0.25) is 5.89 Å². The highest BCUT2D eigenvalue weighted by molar-refractivity contribution is 7.08. The third-order valence-electron chi connectivity index (χ3n) is 3.88. The molecule has 0 amide bonds. The Kier molecular flexibility index (Phi) is 4.03. The number of aromatic nitrogens is 2. The average Bonchev–Trinajstić information content (AvgIpc) is 3.11. The Morgan fingerprint density at radius 2 is 2.29 bits per heavy atom. The van der Waals surface area contributed by atoms with E-state index in [1.807, 2.05) is 21.7 Å². The van der Waals surface area contributed by atoms with Crippen LogP contribution in [0.1, 0.15) is 42.1 Å². The van der Waals surface area contributed by atoms with Crippen LogP contribution in [0, 0.1) is 6.92 Å². The molecule has 3 heterocycles. The molecule has 1 aliphatic heterocycles. The fourth-order valence-corrected chi connectivity index (χ4v) is 3.50. The average molecular weight is 307 g/mol. The number of aryl methyl sites for hydroxylation is 1. The van der Waals surface area contributed by atoms with Crippen LogP contribution in [0.5, 0.6) is 0 Å². The molecule has 1 atom stereocenters. The number of aliphatic carboxylic acids is 1. The van der Waals surface area contributed by atoms with E-state index in [4.69, 9.17) is 4.52 Å². The summed E-state index contributed by atoms with van der Waals surface area (Å²) in [5, 5.41) is 17.2. The quantitative estimate of drug-likeness (QED) is 0.934. The summed E-state index contributed by atoms with van der Waals surface area (Å²) in [4.78, 5) is 17.9. The van der Waals surface area contributed by atoms with Gasteiger partial charge in [-0.15, -0.1) is 0 Å². The second-order valence-electron chi connectivity index (χ2n) is 5.29. The zero-order valence-electron chi connectivity index (χ0n) is 11.7. The minimum atomic E-state index is -0.791. The van der Waals surface area contributed by atoms with Gasteiger partial charge in [-0.2, -0.15) is 16.3 Å². The Morgan fingerprint density at radius 3 is 2.81 bits per heavy atom. The zero-order chi connectivity index (χ0) is 14.8. The fraction of sp³-hybridized carbons (Fsp3) is 0.500. The molecule has 1 N–H and O–H groups in total. The van der Waals surface area contributed by atoms with E-state index in [9.17, 15) is 9.90 Å². The van der Waals surface area contributed by atoms with Gasteiger partial charge in [0.15, 0.2) is 5.82 Å². The highest BCUT2D eigenvalue weighted by atomic mass is 32.1. The summed E-state index contributed by atoms with van der Waals surface area (Å²) in [5.41, 5.74) is 0.861. The fourth-order valence-electron chi connectivity index (χ4n) is 2.82. The first-order valence-corrected chi connectivity index (χ1v) is 7.88. The molecule has 7 heteroatoms. The standard InChI is InChI=1S/C14H17N3O3S/c1-9-15-13(20-16-9)10-2-5-17(6-3-10)12(14(18)19)11-4-7-21-8-11/h4,7-8,10,12H,2-3,5-6H2,1H3,(H,18,19). The molecule has 1 fully saturated rings. The molecule has 0 aromatic carbocycles. The van der Waals surface area contributed by atoms with Crippen molar-refractivity contribution in [2.75, 3.05) is 13.1 Å². The summed E-state index contributed by atoms with van der Waals surface area (Å²) >= 11 is 1.53. The van der Waals surface area contributed by atoms with Crippen molar-refractivity contribution in [3.05, 3.63) is 34.1 Å². The van der Waals surface area contributed by atoms with Gasteiger partial charge in [-0.25, -0.2) is 0 Å². The first kappa shape index (κ1) is 14.2. The smallest absolute Gasteiger partial charge is 0.325 e. The van der Waals surface area contributed by atoms with Crippen LogP contribution in [0.4, 0.5) is 0 Å². The van der Waals surface area contributed by atoms with E-state index in [0.29, 0.717) is 11.7 Å². The van der Waals surface area contributed by atoms with Crippen LogP contribution in [0.15, 0.2) is 21.3 Å². The van der Waals surface area contributed by atoms with E-state index in [0.717, 1.165) is 31.5 Å². The van der Waals surface area contributed by atoms with Crippen molar-refractivity contribution in [2.24, 2.45) is 0 Å². The number of hydrogen-bond donors (Lipinski definition) is 1. The van der Waals surface area contributed by atoms with Crippen LogP contribution in [0.2, 0.25) is 0 Å². The molecular formula is C14H17N3O3S. The molecule has 0 spiro atoms. The summed E-state index contributed by atoms with van der Waals surface area (Å²) < 4.78 is 5.22. The lowest BCUT2D eigenvalue weighted by molar-refractivity contribution is -0.144. The van der Waals surface area contributed by atoms with Crippen molar-refractivity contribution in [2.45, 2.75) is 31.7 Å². The molecule has 0 saturated carbocycles. The minimum Gasteiger partial charge on any atom is -0.480 e. The number of carboxylic acid groups (broad SMARTS) is 1. The highest BCUT2D eigenvalue weighted by Crippen LogP contribution is 2.32. The third kappa shape index (κ3) is 2.98. The van der Waals surface area contributed by atoms with E-state index >= 15 is 0 Å². The van der Waals surface area contributed by atoms with Gasteiger partial charge in [-0.1, -0.05) is 5.16 Å². The molecule has 2 aromatic heterocycles. The van der Waals surface area contributed by atoms with E-state index in [-0.39, 0.29) is 5.92 Å². The Morgan fingerprint density at radius 1 is 1.52 bits per heavy atom. The van der Waals surface area contributed by atoms with Crippen molar-refractivity contribution in [3.63, 3.8) is 0 Å². The highest BCUT2D eigenvalue weighted by Gasteiger charge is 2.33. The molecule has 1 aliphatic rings. The predicted molar refractivity (Wildman–Crippen MR) is 77.3 cm³/mol.